The molecule has 0 N–H and O–H groups in total. The van der Waals surface area contributed by atoms with Gasteiger partial charge in [0.15, 0.2) is 0 Å². The van der Waals surface area contributed by atoms with Gasteiger partial charge in [-0.05, 0) is 6.92 Å². The second-order valence-electron chi connectivity index (χ2n) is 0.543. The lowest BCUT2D eigenvalue weighted by molar-refractivity contribution is -0.00571. The highest BCUT2D eigenvalue weighted by Crippen LogP contribution is 1.73. The summed E-state index contributed by atoms with van der Waals surface area (Å²) in [6.07, 6.45) is -1.92. The Morgan fingerprint density at radius 3 is 2.00 bits per heavy atom. The molecule has 0 fully saturated rings. The van der Waals surface area contributed by atoms with E-state index in [0.29, 0.717) is 0 Å². The molecule has 0 saturated carbocycles. The zero-order chi connectivity index (χ0) is 3.58. The van der Waals surface area contributed by atoms with Crippen LogP contribution in [0.25, 0.3) is 0 Å². The smallest absolute Gasteiger partial charge is 0.213 e. The first-order valence-corrected chi connectivity index (χ1v) is 1.03. The molecular weight excluding hydrogens is 59.0 g/mol. The lowest BCUT2D eigenvalue weighted by Gasteiger charge is -1.70. The molecule has 1 nitrogen and oxygen atoms in total. The maximum atomic E-state index is 10.4. The summed E-state index contributed by atoms with van der Waals surface area (Å²) in [5.74, 6) is 0. The second-order valence-corrected chi connectivity index (χ2v) is 0.543. The van der Waals surface area contributed by atoms with Gasteiger partial charge in [-0.15, -0.1) is 0 Å². The van der Waals surface area contributed by atoms with E-state index in [1.165, 1.54) is 0 Å². The van der Waals surface area contributed by atoms with Crippen LogP contribution in [-0.2, 0) is 5.11 Å². The van der Waals surface area contributed by atoms with Crippen LogP contribution in [0.1, 0.15) is 6.92 Å². The summed E-state index contributed by atoms with van der Waals surface area (Å²) >= 11 is 0. The molecule has 25 valence electrons. The van der Waals surface area contributed by atoms with E-state index in [2.05, 4.69) is 0 Å². The van der Waals surface area contributed by atoms with Gasteiger partial charge in [-0.25, -0.2) is 4.39 Å². The number of alkyl halides is 1. The molecule has 0 unspecified atom stereocenters. The first kappa shape index (κ1) is 3.89. The van der Waals surface area contributed by atoms with Gasteiger partial charge in [0, 0.05) is 0 Å². The third kappa shape index (κ3) is 124. The van der Waals surface area contributed by atoms with E-state index in [9.17, 15) is 4.39 Å². The Balaban J connectivity index is 2.32. The molecule has 0 aromatic heterocycles. The van der Waals surface area contributed by atoms with Crippen molar-refractivity contribution in [2.45, 2.75) is 13.3 Å². The van der Waals surface area contributed by atoms with Crippen molar-refractivity contribution in [2.75, 3.05) is 0 Å². The van der Waals surface area contributed by atoms with Gasteiger partial charge in [0.25, 0.3) is 0 Å². The summed E-state index contributed by atoms with van der Waals surface area (Å²) in [6, 6.07) is 0. The summed E-state index contributed by atoms with van der Waals surface area (Å²) in [6.45, 7) is 0.944. The van der Waals surface area contributed by atoms with Crippen molar-refractivity contribution in [3.05, 3.63) is 0 Å². The molecule has 4 heavy (non-hydrogen) atoms. The van der Waals surface area contributed by atoms with Gasteiger partial charge in [0.05, 0.1) is 0 Å². The Hall–Kier alpha value is -0.110. The van der Waals surface area contributed by atoms with Crippen LogP contribution in [0.5, 0.6) is 0 Å². The lowest BCUT2D eigenvalue weighted by Crippen LogP contribution is -1.78. The summed E-state index contributed by atoms with van der Waals surface area (Å²) < 4.78 is 10.4. The minimum atomic E-state index is -1.92. The van der Waals surface area contributed by atoms with E-state index in [1.54, 1.807) is 0 Å². The lowest BCUT2D eigenvalue weighted by atomic mass is 10.8. The number of rotatable bonds is 0. The number of hydrogen-bond donors (Lipinski definition) is 0. The molecule has 0 aliphatic heterocycles. The van der Waals surface area contributed by atoms with Crippen molar-refractivity contribution in [1.82, 2.24) is 0 Å². The summed E-state index contributed by atoms with van der Waals surface area (Å²) in [5, 5.41) is 8.86. The van der Waals surface area contributed by atoms with Crippen LogP contribution in [0.15, 0.2) is 0 Å². The zero-order valence-corrected chi connectivity index (χ0v) is 2.36. The summed E-state index contributed by atoms with van der Waals surface area (Å²) in [4.78, 5) is 0. The number of hydrogen-bond acceptors (Lipinski definition) is 0. The van der Waals surface area contributed by atoms with Gasteiger partial charge in [0.2, 0.25) is 6.36 Å². The monoisotopic (exact) mass is 63.0 g/mol. The van der Waals surface area contributed by atoms with Crippen LogP contribution in [0.4, 0.5) is 4.39 Å². The SMILES string of the molecule is C[C@H]([O])F. The van der Waals surface area contributed by atoms with Gasteiger partial charge in [-0.1, -0.05) is 0 Å². The minimum absolute atomic E-state index is 0.944. The normalized spacial score (nSPS) is 15.8. The molecular formula is C2H4FO. The Labute approximate surface area is 24.1 Å². The first-order valence-electron chi connectivity index (χ1n) is 1.03. The predicted octanol–water partition coefficient (Wildman–Crippen LogP) is 0.732. The van der Waals surface area contributed by atoms with Crippen LogP contribution < -0.4 is 0 Å². The Bertz CT molecular complexity index is 10.8. The third-order valence-corrected chi connectivity index (χ3v) is 0. The van der Waals surface area contributed by atoms with E-state index in [0.717, 1.165) is 6.92 Å². The van der Waals surface area contributed by atoms with Crippen molar-refractivity contribution in [2.24, 2.45) is 0 Å². The maximum Gasteiger partial charge on any atom is 0.228 e. The molecule has 1 radical (unpaired) electrons. The molecule has 0 aliphatic rings. The predicted molar refractivity (Wildman–Crippen MR) is 11.3 cm³/mol. The molecule has 0 saturated heterocycles. The highest BCUT2D eigenvalue weighted by molar-refractivity contribution is 4.03. The van der Waals surface area contributed by atoms with Gasteiger partial charge >= 0.3 is 0 Å². The zero-order valence-electron chi connectivity index (χ0n) is 2.36. The largest absolute Gasteiger partial charge is 0.228 e. The van der Waals surface area contributed by atoms with Crippen LogP contribution in [0, 0.1) is 0 Å². The quantitative estimate of drug-likeness (QED) is 0.395. The third-order valence-electron chi connectivity index (χ3n) is 0. The fraction of sp³-hybridized carbons (Fsp3) is 1.00. The Kier molecular flexibility index (Phi) is 1.20. The molecule has 0 bridgehead atoms. The van der Waals surface area contributed by atoms with Gasteiger partial charge < -0.3 is 0 Å². The Morgan fingerprint density at radius 2 is 2.00 bits per heavy atom. The van der Waals surface area contributed by atoms with E-state index in [-0.39, 0.29) is 0 Å². The minimum Gasteiger partial charge on any atom is -0.213 e. The summed E-state index contributed by atoms with van der Waals surface area (Å²) in [5.41, 5.74) is 0. The highest BCUT2D eigenvalue weighted by atomic mass is 19.1. The van der Waals surface area contributed by atoms with E-state index in [4.69, 9.17) is 5.11 Å². The van der Waals surface area contributed by atoms with E-state index >= 15 is 0 Å². The molecule has 0 aromatic rings. The van der Waals surface area contributed by atoms with Crippen LogP contribution in [-0.4, -0.2) is 6.36 Å². The average Bonchev–Trinajstić information content (AvgIpc) is 0.811. The molecule has 0 amide bonds. The van der Waals surface area contributed by atoms with Crippen molar-refractivity contribution >= 4 is 0 Å². The highest BCUT2D eigenvalue weighted by Gasteiger charge is 1.79. The van der Waals surface area contributed by atoms with Crippen LogP contribution >= 0.6 is 0 Å². The molecule has 0 aromatic carbocycles. The molecule has 2 heteroatoms. The number of halogens is 1. The van der Waals surface area contributed by atoms with Gasteiger partial charge in [-0.3, -0.25) is 0 Å². The topological polar surface area (TPSA) is 19.9 Å². The van der Waals surface area contributed by atoms with E-state index in [1.807, 2.05) is 0 Å². The van der Waals surface area contributed by atoms with Crippen molar-refractivity contribution in [3.8, 4) is 0 Å². The molecule has 1 atom stereocenters. The second kappa shape index (κ2) is 1.24. The molecule has 0 rings (SSSR count). The van der Waals surface area contributed by atoms with Crippen LogP contribution in [0.2, 0.25) is 0 Å². The van der Waals surface area contributed by atoms with Crippen molar-refractivity contribution < 1.29 is 9.50 Å². The van der Waals surface area contributed by atoms with Crippen molar-refractivity contribution in [3.63, 3.8) is 0 Å². The van der Waals surface area contributed by atoms with Crippen LogP contribution in [0.3, 0.4) is 0 Å². The Morgan fingerprint density at radius 1 is 2.00 bits per heavy atom. The summed E-state index contributed by atoms with van der Waals surface area (Å²) in [7, 11) is 0. The molecule has 0 heterocycles. The first-order chi connectivity index (χ1) is 1.73. The standard InChI is InChI=1S/C2H4FO/c1-2(3)4/h2H,1H3/t2-/m0/s1. The van der Waals surface area contributed by atoms with Gasteiger partial charge in [-0.2, -0.15) is 5.11 Å². The maximum absolute atomic E-state index is 10.4. The van der Waals surface area contributed by atoms with Crippen molar-refractivity contribution in [1.29, 1.82) is 0 Å². The van der Waals surface area contributed by atoms with E-state index < -0.39 is 6.36 Å². The molecule has 0 spiro atoms. The fourth-order valence-electron chi connectivity index (χ4n) is 0. The molecule has 0 aliphatic carbocycles. The van der Waals surface area contributed by atoms with Gasteiger partial charge in [0.1, 0.15) is 0 Å². The fourth-order valence-corrected chi connectivity index (χ4v) is 0. The average molecular weight is 63.1 g/mol.